The number of aryl methyl sites for hydroxylation is 1. The molecule has 0 radical (unpaired) electrons. The summed E-state index contributed by atoms with van der Waals surface area (Å²) in [6.45, 7) is 4.95. The molecule has 0 aromatic carbocycles. The lowest BCUT2D eigenvalue weighted by atomic mass is 10.5. The van der Waals surface area contributed by atoms with Gasteiger partial charge in [-0.3, -0.25) is 0 Å². The molecule has 0 aliphatic carbocycles. The van der Waals surface area contributed by atoms with Crippen molar-refractivity contribution in [2.45, 2.75) is 6.54 Å². The number of hydrogen-bond donors (Lipinski definition) is 2. The Bertz CT molecular complexity index is 245. The predicted octanol–water partition coefficient (Wildman–Crippen LogP) is -0.327. The van der Waals surface area contributed by atoms with Gasteiger partial charge in [-0.05, 0) is 0 Å². The highest BCUT2D eigenvalue weighted by atomic mass is 15.4. The minimum absolute atomic E-state index is 0.436. The van der Waals surface area contributed by atoms with E-state index in [0.717, 1.165) is 6.54 Å². The number of aromatic nitrogens is 3. The van der Waals surface area contributed by atoms with E-state index in [1.54, 1.807) is 17.8 Å². The van der Waals surface area contributed by atoms with Gasteiger partial charge in [0.15, 0.2) is 5.82 Å². The standard InChI is InChI=1S/C7H13N5/c1-3-4-9-5-6-10-7(8)12(2)11-6/h3,9H,1,4-5H2,2H3,(H2,8,10,11). The van der Waals surface area contributed by atoms with E-state index in [1.165, 1.54) is 0 Å². The third-order valence-corrected chi connectivity index (χ3v) is 1.41. The molecule has 0 spiro atoms. The summed E-state index contributed by atoms with van der Waals surface area (Å²) >= 11 is 0. The number of nitrogens with two attached hydrogens (primary N) is 1. The molecule has 1 aromatic rings. The average Bonchev–Trinajstić information content (AvgIpc) is 2.32. The third-order valence-electron chi connectivity index (χ3n) is 1.41. The number of anilines is 1. The van der Waals surface area contributed by atoms with Crippen LogP contribution in [0.5, 0.6) is 0 Å². The third kappa shape index (κ3) is 2.06. The summed E-state index contributed by atoms with van der Waals surface area (Å²) in [5, 5.41) is 7.15. The van der Waals surface area contributed by atoms with Gasteiger partial charge in [-0.15, -0.1) is 6.58 Å². The Balaban J connectivity index is 2.47. The SMILES string of the molecule is C=CCNCc1nc(N)n(C)n1. The molecule has 0 amide bonds. The molecule has 0 aliphatic rings. The lowest BCUT2D eigenvalue weighted by Gasteiger charge is -1.94. The Morgan fingerprint density at radius 3 is 3.00 bits per heavy atom. The van der Waals surface area contributed by atoms with Crippen LogP contribution < -0.4 is 11.1 Å². The summed E-state index contributed by atoms with van der Waals surface area (Å²) < 4.78 is 1.55. The summed E-state index contributed by atoms with van der Waals surface area (Å²) in [7, 11) is 1.76. The van der Waals surface area contributed by atoms with E-state index in [-0.39, 0.29) is 0 Å². The number of rotatable bonds is 4. The van der Waals surface area contributed by atoms with Gasteiger partial charge in [-0.25, -0.2) is 4.68 Å². The van der Waals surface area contributed by atoms with Crippen molar-refractivity contribution in [3.05, 3.63) is 18.5 Å². The lowest BCUT2D eigenvalue weighted by Crippen LogP contribution is -2.13. The van der Waals surface area contributed by atoms with Crippen molar-refractivity contribution < 1.29 is 0 Å². The van der Waals surface area contributed by atoms with Crippen molar-refractivity contribution in [2.24, 2.45) is 7.05 Å². The van der Waals surface area contributed by atoms with E-state index in [0.29, 0.717) is 18.3 Å². The first kappa shape index (κ1) is 8.73. The van der Waals surface area contributed by atoms with E-state index in [9.17, 15) is 0 Å². The van der Waals surface area contributed by atoms with E-state index in [4.69, 9.17) is 5.73 Å². The highest BCUT2D eigenvalue weighted by Crippen LogP contribution is 1.95. The lowest BCUT2D eigenvalue weighted by molar-refractivity contribution is 0.689. The van der Waals surface area contributed by atoms with Crippen molar-refractivity contribution in [2.75, 3.05) is 12.3 Å². The van der Waals surface area contributed by atoms with Gasteiger partial charge in [0.1, 0.15) is 0 Å². The summed E-state index contributed by atoms with van der Waals surface area (Å²) in [4.78, 5) is 4.01. The molecule has 0 saturated carbocycles. The zero-order chi connectivity index (χ0) is 8.97. The van der Waals surface area contributed by atoms with Gasteiger partial charge in [0, 0.05) is 13.6 Å². The molecule has 5 heteroatoms. The molecule has 3 N–H and O–H groups in total. The molecule has 0 atom stereocenters. The molecule has 1 aromatic heterocycles. The molecule has 0 unspecified atom stereocenters. The maximum atomic E-state index is 5.49. The molecule has 1 rings (SSSR count). The Hall–Kier alpha value is -1.36. The van der Waals surface area contributed by atoms with Crippen LogP contribution in [0.4, 0.5) is 5.95 Å². The fraction of sp³-hybridized carbons (Fsp3) is 0.429. The van der Waals surface area contributed by atoms with E-state index < -0.39 is 0 Å². The smallest absolute Gasteiger partial charge is 0.218 e. The summed E-state index contributed by atoms with van der Waals surface area (Å²) in [6.07, 6.45) is 1.78. The first-order chi connectivity index (χ1) is 5.74. The van der Waals surface area contributed by atoms with Crippen molar-refractivity contribution in [1.82, 2.24) is 20.1 Å². The van der Waals surface area contributed by atoms with Gasteiger partial charge in [-0.1, -0.05) is 6.08 Å². The molecule has 0 saturated heterocycles. The molecular weight excluding hydrogens is 154 g/mol. The van der Waals surface area contributed by atoms with Crippen molar-refractivity contribution >= 4 is 5.95 Å². The Kier molecular flexibility index (Phi) is 2.82. The number of nitrogens with one attached hydrogen (secondary N) is 1. The molecule has 12 heavy (non-hydrogen) atoms. The van der Waals surface area contributed by atoms with Crippen LogP contribution in [0.1, 0.15) is 5.82 Å². The van der Waals surface area contributed by atoms with Crippen LogP contribution in [0.25, 0.3) is 0 Å². The first-order valence-corrected chi connectivity index (χ1v) is 3.71. The minimum Gasteiger partial charge on any atom is -0.368 e. The molecule has 0 aliphatic heterocycles. The minimum atomic E-state index is 0.436. The first-order valence-electron chi connectivity index (χ1n) is 3.71. The normalized spacial score (nSPS) is 10.1. The second-order valence-corrected chi connectivity index (χ2v) is 2.43. The van der Waals surface area contributed by atoms with Crippen molar-refractivity contribution in [1.29, 1.82) is 0 Å². The number of hydrogen-bond acceptors (Lipinski definition) is 4. The summed E-state index contributed by atoms with van der Waals surface area (Å²) in [5.41, 5.74) is 5.49. The van der Waals surface area contributed by atoms with Crippen LogP contribution in [0.2, 0.25) is 0 Å². The Morgan fingerprint density at radius 2 is 2.50 bits per heavy atom. The molecular formula is C7H13N5. The topological polar surface area (TPSA) is 68.8 Å². The van der Waals surface area contributed by atoms with E-state index in [1.807, 2.05) is 0 Å². The van der Waals surface area contributed by atoms with Crippen molar-refractivity contribution in [3.63, 3.8) is 0 Å². The zero-order valence-electron chi connectivity index (χ0n) is 7.12. The quantitative estimate of drug-likeness (QED) is 0.476. The average molecular weight is 167 g/mol. The predicted molar refractivity (Wildman–Crippen MR) is 47.3 cm³/mol. The summed E-state index contributed by atoms with van der Waals surface area (Å²) in [6, 6.07) is 0. The maximum absolute atomic E-state index is 5.49. The maximum Gasteiger partial charge on any atom is 0.218 e. The molecule has 1 heterocycles. The molecule has 66 valence electrons. The fourth-order valence-corrected chi connectivity index (χ4v) is 0.812. The van der Waals surface area contributed by atoms with Crippen LogP contribution in [-0.2, 0) is 13.6 Å². The molecule has 0 bridgehead atoms. The van der Waals surface area contributed by atoms with Gasteiger partial charge in [0.2, 0.25) is 5.95 Å². The van der Waals surface area contributed by atoms with Gasteiger partial charge in [0.25, 0.3) is 0 Å². The Morgan fingerprint density at radius 1 is 1.75 bits per heavy atom. The van der Waals surface area contributed by atoms with E-state index >= 15 is 0 Å². The monoisotopic (exact) mass is 167 g/mol. The van der Waals surface area contributed by atoms with Crippen LogP contribution >= 0.6 is 0 Å². The van der Waals surface area contributed by atoms with Crippen LogP contribution in [-0.4, -0.2) is 21.3 Å². The van der Waals surface area contributed by atoms with Gasteiger partial charge >= 0.3 is 0 Å². The summed E-state index contributed by atoms with van der Waals surface area (Å²) in [5.74, 6) is 1.14. The van der Waals surface area contributed by atoms with Crippen LogP contribution in [0, 0.1) is 0 Å². The number of nitrogen functional groups attached to an aromatic ring is 1. The largest absolute Gasteiger partial charge is 0.368 e. The van der Waals surface area contributed by atoms with Crippen molar-refractivity contribution in [3.8, 4) is 0 Å². The van der Waals surface area contributed by atoms with Gasteiger partial charge < -0.3 is 11.1 Å². The van der Waals surface area contributed by atoms with E-state index in [2.05, 4.69) is 22.0 Å². The zero-order valence-corrected chi connectivity index (χ0v) is 7.12. The van der Waals surface area contributed by atoms with Crippen LogP contribution in [0.3, 0.4) is 0 Å². The Labute approximate surface area is 71.3 Å². The molecule has 5 nitrogen and oxygen atoms in total. The fourth-order valence-electron chi connectivity index (χ4n) is 0.812. The van der Waals surface area contributed by atoms with Gasteiger partial charge in [0.05, 0.1) is 6.54 Å². The van der Waals surface area contributed by atoms with Gasteiger partial charge in [-0.2, -0.15) is 10.1 Å². The van der Waals surface area contributed by atoms with Crippen LogP contribution in [0.15, 0.2) is 12.7 Å². The highest BCUT2D eigenvalue weighted by Gasteiger charge is 2.01. The molecule has 0 fully saturated rings. The second kappa shape index (κ2) is 3.87. The number of nitrogens with zero attached hydrogens (tertiary/aromatic N) is 3. The second-order valence-electron chi connectivity index (χ2n) is 2.43. The highest BCUT2D eigenvalue weighted by molar-refractivity contribution is 5.15.